The van der Waals surface area contributed by atoms with Gasteiger partial charge in [0.2, 0.25) is 0 Å². The average Bonchev–Trinajstić information content (AvgIpc) is 2.99. The van der Waals surface area contributed by atoms with Gasteiger partial charge in [0.15, 0.2) is 10.9 Å². The van der Waals surface area contributed by atoms with Crippen molar-refractivity contribution < 1.29 is 22.6 Å². The van der Waals surface area contributed by atoms with Crippen LogP contribution in [-0.4, -0.2) is 37.1 Å². The van der Waals surface area contributed by atoms with E-state index in [2.05, 4.69) is 4.98 Å². The van der Waals surface area contributed by atoms with Crippen LogP contribution in [0.15, 0.2) is 6.20 Å². The molecule has 0 bridgehead atoms. The lowest BCUT2D eigenvalue weighted by molar-refractivity contribution is -0.169. The SMILES string of the molecule is FC(F)(F)c1cnc(N2CCC3(CC2)OCCO3)s1. The van der Waals surface area contributed by atoms with Crippen LogP contribution in [0.2, 0.25) is 0 Å². The summed E-state index contributed by atoms with van der Waals surface area (Å²) in [4.78, 5) is 5.07. The molecule has 0 radical (unpaired) electrons. The van der Waals surface area contributed by atoms with Crippen LogP contribution >= 0.6 is 11.3 Å². The monoisotopic (exact) mass is 294 g/mol. The largest absolute Gasteiger partial charge is 0.427 e. The standard InChI is InChI=1S/C11H13F3N2O2S/c12-11(13,14)8-7-15-9(19-8)16-3-1-10(2-4-16)17-5-6-18-10/h7H,1-6H2. The topological polar surface area (TPSA) is 34.6 Å². The summed E-state index contributed by atoms with van der Waals surface area (Å²) >= 11 is 0.685. The van der Waals surface area contributed by atoms with Crippen molar-refractivity contribution in [2.75, 3.05) is 31.2 Å². The fourth-order valence-electron chi connectivity index (χ4n) is 2.37. The number of halogens is 3. The van der Waals surface area contributed by atoms with Crippen LogP contribution in [-0.2, 0) is 15.7 Å². The van der Waals surface area contributed by atoms with Gasteiger partial charge in [0.25, 0.3) is 0 Å². The summed E-state index contributed by atoms with van der Waals surface area (Å²) in [7, 11) is 0. The molecular formula is C11H13F3N2O2S. The Hall–Kier alpha value is -0.860. The fraction of sp³-hybridized carbons (Fsp3) is 0.727. The molecule has 3 heterocycles. The van der Waals surface area contributed by atoms with Crippen molar-refractivity contribution in [3.8, 4) is 0 Å². The lowest BCUT2D eigenvalue weighted by Gasteiger charge is -2.37. The van der Waals surface area contributed by atoms with E-state index < -0.39 is 16.8 Å². The molecule has 19 heavy (non-hydrogen) atoms. The molecule has 2 aliphatic heterocycles. The summed E-state index contributed by atoms with van der Waals surface area (Å²) in [6.45, 7) is 2.39. The summed E-state index contributed by atoms with van der Waals surface area (Å²) in [5.41, 5.74) is 0. The van der Waals surface area contributed by atoms with E-state index in [1.54, 1.807) is 0 Å². The highest BCUT2D eigenvalue weighted by Crippen LogP contribution is 2.38. The van der Waals surface area contributed by atoms with E-state index in [1.165, 1.54) is 0 Å². The Morgan fingerprint density at radius 2 is 1.84 bits per heavy atom. The Balaban J connectivity index is 1.66. The van der Waals surface area contributed by atoms with Gasteiger partial charge in [-0.2, -0.15) is 13.2 Å². The smallest absolute Gasteiger partial charge is 0.348 e. The first kappa shape index (κ1) is 13.1. The van der Waals surface area contributed by atoms with Gasteiger partial charge in [0, 0.05) is 25.9 Å². The quantitative estimate of drug-likeness (QED) is 0.797. The fourth-order valence-corrected chi connectivity index (χ4v) is 3.20. The van der Waals surface area contributed by atoms with Crippen LogP contribution in [0, 0.1) is 0 Å². The van der Waals surface area contributed by atoms with E-state index in [4.69, 9.17) is 9.47 Å². The van der Waals surface area contributed by atoms with Crippen molar-refractivity contribution in [3.05, 3.63) is 11.1 Å². The van der Waals surface area contributed by atoms with Gasteiger partial charge < -0.3 is 14.4 Å². The second kappa shape index (κ2) is 4.60. The molecule has 2 fully saturated rings. The van der Waals surface area contributed by atoms with E-state index in [0.29, 0.717) is 55.6 Å². The molecule has 1 spiro atoms. The Kier molecular flexibility index (Phi) is 3.18. The number of rotatable bonds is 1. The summed E-state index contributed by atoms with van der Waals surface area (Å²) in [5.74, 6) is -0.513. The third-order valence-corrected chi connectivity index (χ3v) is 4.49. The van der Waals surface area contributed by atoms with Crippen molar-refractivity contribution in [3.63, 3.8) is 0 Å². The third kappa shape index (κ3) is 2.56. The number of alkyl halides is 3. The van der Waals surface area contributed by atoms with Gasteiger partial charge in [-0.25, -0.2) is 4.98 Å². The first-order chi connectivity index (χ1) is 8.99. The Morgan fingerprint density at radius 1 is 1.21 bits per heavy atom. The first-order valence-corrected chi connectivity index (χ1v) is 6.86. The summed E-state index contributed by atoms with van der Waals surface area (Å²) in [6, 6.07) is 0. The molecule has 2 saturated heterocycles. The van der Waals surface area contributed by atoms with E-state index in [1.807, 2.05) is 4.90 Å². The molecule has 106 valence electrons. The molecule has 4 nitrogen and oxygen atoms in total. The number of anilines is 1. The number of hydrogen-bond acceptors (Lipinski definition) is 5. The Bertz CT molecular complexity index is 447. The molecule has 1 aromatic heterocycles. The van der Waals surface area contributed by atoms with Gasteiger partial charge in [0.1, 0.15) is 4.88 Å². The number of nitrogens with zero attached hydrogens (tertiary/aromatic N) is 2. The molecule has 8 heteroatoms. The Morgan fingerprint density at radius 3 is 2.37 bits per heavy atom. The lowest BCUT2D eigenvalue weighted by Crippen LogP contribution is -2.45. The van der Waals surface area contributed by atoms with Crippen molar-refractivity contribution in [2.24, 2.45) is 0 Å². The van der Waals surface area contributed by atoms with E-state index in [0.717, 1.165) is 6.20 Å². The molecule has 0 amide bonds. The van der Waals surface area contributed by atoms with Crippen molar-refractivity contribution in [2.45, 2.75) is 24.8 Å². The van der Waals surface area contributed by atoms with Gasteiger partial charge >= 0.3 is 6.18 Å². The summed E-state index contributed by atoms with van der Waals surface area (Å²) in [6.07, 6.45) is -2.10. The highest BCUT2D eigenvalue weighted by Gasteiger charge is 2.41. The minimum atomic E-state index is -4.31. The number of piperidine rings is 1. The van der Waals surface area contributed by atoms with Crippen LogP contribution in [0.4, 0.5) is 18.3 Å². The van der Waals surface area contributed by atoms with E-state index in [-0.39, 0.29) is 0 Å². The normalized spacial score (nSPS) is 23.2. The third-order valence-electron chi connectivity index (χ3n) is 3.38. The minimum Gasteiger partial charge on any atom is -0.348 e. The first-order valence-electron chi connectivity index (χ1n) is 6.04. The molecule has 0 aromatic carbocycles. The molecule has 3 rings (SSSR count). The lowest BCUT2D eigenvalue weighted by atomic mass is 10.0. The number of ether oxygens (including phenoxy) is 2. The molecule has 1 aromatic rings. The predicted octanol–water partition coefficient (Wildman–Crippen LogP) is 2.51. The van der Waals surface area contributed by atoms with Crippen LogP contribution in [0.3, 0.4) is 0 Å². The Labute approximate surface area is 112 Å². The highest BCUT2D eigenvalue weighted by atomic mass is 32.1. The van der Waals surface area contributed by atoms with Crippen molar-refractivity contribution in [1.29, 1.82) is 0 Å². The van der Waals surface area contributed by atoms with Gasteiger partial charge in [-0.3, -0.25) is 0 Å². The van der Waals surface area contributed by atoms with E-state index >= 15 is 0 Å². The average molecular weight is 294 g/mol. The maximum absolute atomic E-state index is 12.5. The maximum Gasteiger partial charge on any atom is 0.427 e. The molecule has 2 aliphatic rings. The number of hydrogen-bond donors (Lipinski definition) is 0. The maximum atomic E-state index is 12.5. The summed E-state index contributed by atoms with van der Waals surface area (Å²) < 4.78 is 48.7. The van der Waals surface area contributed by atoms with Gasteiger partial charge in [-0.1, -0.05) is 11.3 Å². The van der Waals surface area contributed by atoms with Gasteiger partial charge in [-0.15, -0.1) is 0 Å². The molecule has 0 atom stereocenters. The van der Waals surface area contributed by atoms with Crippen LogP contribution in [0.5, 0.6) is 0 Å². The van der Waals surface area contributed by atoms with Gasteiger partial charge in [0.05, 0.1) is 19.4 Å². The predicted molar refractivity (Wildman–Crippen MR) is 63.2 cm³/mol. The minimum absolute atomic E-state index is 0.417. The molecular weight excluding hydrogens is 281 g/mol. The summed E-state index contributed by atoms with van der Waals surface area (Å²) in [5, 5.41) is 0.417. The molecule has 0 aliphatic carbocycles. The molecule has 0 saturated carbocycles. The highest BCUT2D eigenvalue weighted by molar-refractivity contribution is 7.15. The molecule has 0 N–H and O–H groups in total. The van der Waals surface area contributed by atoms with Crippen LogP contribution in [0.1, 0.15) is 17.7 Å². The number of aromatic nitrogens is 1. The van der Waals surface area contributed by atoms with Crippen LogP contribution < -0.4 is 4.90 Å². The van der Waals surface area contributed by atoms with Crippen molar-refractivity contribution >= 4 is 16.5 Å². The zero-order valence-corrected chi connectivity index (χ0v) is 10.9. The molecule has 0 unspecified atom stereocenters. The second-order valence-electron chi connectivity index (χ2n) is 4.60. The zero-order chi connectivity index (χ0) is 13.5. The van der Waals surface area contributed by atoms with Gasteiger partial charge in [-0.05, 0) is 0 Å². The zero-order valence-electron chi connectivity index (χ0n) is 10.1. The number of thiazole rings is 1. The second-order valence-corrected chi connectivity index (χ2v) is 5.61. The van der Waals surface area contributed by atoms with Crippen molar-refractivity contribution in [1.82, 2.24) is 4.98 Å². The van der Waals surface area contributed by atoms with Crippen LogP contribution in [0.25, 0.3) is 0 Å². The van der Waals surface area contributed by atoms with E-state index in [9.17, 15) is 13.2 Å².